The Morgan fingerprint density at radius 1 is 1.31 bits per heavy atom. The van der Waals surface area contributed by atoms with Crippen molar-refractivity contribution in [3.63, 3.8) is 0 Å². The summed E-state index contributed by atoms with van der Waals surface area (Å²) in [5.41, 5.74) is 8.32. The molecule has 29 heavy (non-hydrogen) atoms. The Hall–Kier alpha value is -1.34. The highest BCUT2D eigenvalue weighted by atomic mass is 35.5. The van der Waals surface area contributed by atoms with Gasteiger partial charge in [0.25, 0.3) is 0 Å². The van der Waals surface area contributed by atoms with Crippen LogP contribution in [-0.4, -0.2) is 40.8 Å². The first-order chi connectivity index (χ1) is 13.1. The van der Waals surface area contributed by atoms with E-state index in [2.05, 4.69) is 27.9 Å². The molecule has 0 unspecified atom stereocenters. The number of nitrogens with one attached hydrogen (secondary N) is 1. The molecule has 1 aromatic heterocycles. The average Bonchev–Trinajstić information content (AvgIpc) is 3.00. The fraction of sp³-hybridized carbons (Fsp3) is 0.619. The Balaban J connectivity index is 0.00000210. The van der Waals surface area contributed by atoms with Gasteiger partial charge in [0.05, 0.1) is 17.1 Å². The zero-order valence-electron chi connectivity index (χ0n) is 17.3. The molecule has 1 aliphatic rings. The number of nitrogens with two attached hydrogens (primary N) is 1. The fourth-order valence-electron chi connectivity index (χ4n) is 3.87. The van der Waals surface area contributed by atoms with E-state index < -0.39 is 0 Å². The number of carbonyl (C=O) groups excluding carboxylic acids is 1. The van der Waals surface area contributed by atoms with Crippen molar-refractivity contribution in [2.75, 3.05) is 13.2 Å². The highest BCUT2D eigenvalue weighted by Gasteiger charge is 2.32. The van der Waals surface area contributed by atoms with Gasteiger partial charge in [0.1, 0.15) is 5.82 Å². The summed E-state index contributed by atoms with van der Waals surface area (Å²) in [5, 5.41) is 3.09. The first kappa shape index (κ1) is 25.7. The third-order valence-electron chi connectivity index (χ3n) is 5.51. The van der Waals surface area contributed by atoms with Crippen molar-refractivity contribution in [3.8, 4) is 0 Å². The topological polar surface area (TPSA) is 82.2 Å². The van der Waals surface area contributed by atoms with Gasteiger partial charge in [-0.25, -0.2) is 4.98 Å². The van der Waals surface area contributed by atoms with Crippen LogP contribution in [0.15, 0.2) is 24.3 Å². The largest absolute Gasteiger partial charge is 0.377 e. The standard InChI is InChI=1S/C21H32N4O2.2ClH/c1-3-13-27-19-14-15(10-11-16(19)22)21(26)23-12-6-9-20-24-17-7-4-5-8-18(17)25(20)2;;/h4-5,7-8,15-16,19H,3,6,9-14,22H2,1-2H3,(H,23,26);2*1H/t15-,16+,19+;;/m0../s1. The summed E-state index contributed by atoms with van der Waals surface area (Å²) in [7, 11) is 2.05. The number of benzene rings is 1. The van der Waals surface area contributed by atoms with Gasteiger partial charge in [0, 0.05) is 38.6 Å². The van der Waals surface area contributed by atoms with E-state index in [9.17, 15) is 4.79 Å². The Kier molecular flexibility index (Phi) is 11.0. The molecule has 1 aliphatic carbocycles. The van der Waals surface area contributed by atoms with Gasteiger partial charge in [-0.3, -0.25) is 4.79 Å². The maximum Gasteiger partial charge on any atom is 0.223 e. The predicted octanol–water partition coefficient (Wildman–Crippen LogP) is 3.39. The summed E-state index contributed by atoms with van der Waals surface area (Å²) in [6, 6.07) is 8.20. The molecule has 3 atom stereocenters. The first-order valence-corrected chi connectivity index (χ1v) is 10.2. The van der Waals surface area contributed by atoms with E-state index in [0.29, 0.717) is 13.2 Å². The van der Waals surface area contributed by atoms with Gasteiger partial charge in [-0.05, 0) is 44.2 Å². The molecule has 0 radical (unpaired) electrons. The molecule has 1 amide bonds. The molecular formula is C21H34Cl2N4O2. The number of imidazole rings is 1. The molecule has 2 aromatic rings. The van der Waals surface area contributed by atoms with Crippen LogP contribution in [-0.2, 0) is 23.0 Å². The quantitative estimate of drug-likeness (QED) is 0.611. The van der Waals surface area contributed by atoms with E-state index in [1.807, 2.05) is 25.2 Å². The maximum absolute atomic E-state index is 12.5. The number of hydrogen-bond donors (Lipinski definition) is 2. The van der Waals surface area contributed by atoms with Crippen molar-refractivity contribution in [2.45, 2.75) is 57.6 Å². The molecular weight excluding hydrogens is 411 g/mol. The monoisotopic (exact) mass is 444 g/mol. The van der Waals surface area contributed by atoms with Gasteiger partial charge in [0.15, 0.2) is 0 Å². The Labute approximate surface area is 185 Å². The molecule has 0 bridgehead atoms. The number of halogens is 2. The second kappa shape index (κ2) is 12.4. The number of ether oxygens (including phenoxy) is 1. The van der Waals surface area contributed by atoms with Gasteiger partial charge in [0.2, 0.25) is 5.91 Å². The van der Waals surface area contributed by atoms with Gasteiger partial charge in [-0.15, -0.1) is 24.8 Å². The van der Waals surface area contributed by atoms with Crippen LogP contribution >= 0.6 is 24.8 Å². The summed E-state index contributed by atoms with van der Waals surface area (Å²) in [6.45, 7) is 3.47. The lowest BCUT2D eigenvalue weighted by atomic mass is 9.83. The molecule has 0 saturated heterocycles. The normalized spacial score (nSPS) is 21.3. The lowest BCUT2D eigenvalue weighted by Gasteiger charge is -2.33. The number of para-hydroxylation sites is 2. The van der Waals surface area contributed by atoms with Gasteiger partial charge >= 0.3 is 0 Å². The summed E-state index contributed by atoms with van der Waals surface area (Å²) >= 11 is 0. The summed E-state index contributed by atoms with van der Waals surface area (Å²) < 4.78 is 7.97. The van der Waals surface area contributed by atoms with Crippen LogP contribution in [0, 0.1) is 5.92 Å². The van der Waals surface area contributed by atoms with E-state index in [0.717, 1.165) is 55.4 Å². The number of hydrogen-bond acceptors (Lipinski definition) is 4. The second-order valence-electron chi connectivity index (χ2n) is 7.55. The van der Waals surface area contributed by atoms with E-state index >= 15 is 0 Å². The third-order valence-corrected chi connectivity index (χ3v) is 5.51. The Bertz CT molecular complexity index is 768. The molecule has 3 N–H and O–H groups in total. The molecule has 3 rings (SSSR count). The smallest absolute Gasteiger partial charge is 0.223 e. The lowest BCUT2D eigenvalue weighted by Crippen LogP contribution is -2.46. The summed E-state index contributed by atoms with van der Waals surface area (Å²) in [4.78, 5) is 17.2. The third kappa shape index (κ3) is 6.57. The number of aryl methyl sites for hydroxylation is 2. The van der Waals surface area contributed by atoms with E-state index in [1.165, 1.54) is 0 Å². The molecule has 1 aromatic carbocycles. The number of fused-ring (bicyclic) bond motifs is 1. The Morgan fingerprint density at radius 2 is 2.07 bits per heavy atom. The highest BCUT2D eigenvalue weighted by molar-refractivity contribution is 5.85. The number of rotatable bonds is 8. The fourth-order valence-corrected chi connectivity index (χ4v) is 3.87. The van der Waals surface area contributed by atoms with Crippen LogP contribution in [0.1, 0.15) is 44.9 Å². The number of nitrogens with zero attached hydrogens (tertiary/aromatic N) is 2. The lowest BCUT2D eigenvalue weighted by molar-refractivity contribution is -0.128. The average molecular weight is 445 g/mol. The minimum atomic E-state index is 0. The van der Waals surface area contributed by atoms with Crippen molar-refractivity contribution in [2.24, 2.45) is 18.7 Å². The van der Waals surface area contributed by atoms with Crippen molar-refractivity contribution in [1.82, 2.24) is 14.9 Å². The predicted molar refractivity (Wildman–Crippen MR) is 122 cm³/mol. The number of carbonyl (C=O) groups is 1. The van der Waals surface area contributed by atoms with Crippen LogP contribution in [0.2, 0.25) is 0 Å². The van der Waals surface area contributed by atoms with Crippen LogP contribution in [0.3, 0.4) is 0 Å². The zero-order valence-corrected chi connectivity index (χ0v) is 18.9. The minimum Gasteiger partial charge on any atom is -0.377 e. The summed E-state index contributed by atoms with van der Waals surface area (Å²) in [5.74, 6) is 1.21. The molecule has 164 valence electrons. The Morgan fingerprint density at radius 3 is 2.79 bits per heavy atom. The maximum atomic E-state index is 12.5. The zero-order chi connectivity index (χ0) is 19.2. The molecule has 0 spiro atoms. The second-order valence-corrected chi connectivity index (χ2v) is 7.55. The van der Waals surface area contributed by atoms with Crippen LogP contribution in [0.4, 0.5) is 0 Å². The summed E-state index contributed by atoms with van der Waals surface area (Å²) in [6.07, 6.45) is 5.15. The number of aromatic nitrogens is 2. The van der Waals surface area contributed by atoms with Gasteiger partial charge < -0.3 is 20.4 Å². The van der Waals surface area contributed by atoms with Crippen LogP contribution < -0.4 is 11.1 Å². The van der Waals surface area contributed by atoms with Crippen molar-refractivity contribution in [1.29, 1.82) is 0 Å². The van der Waals surface area contributed by atoms with E-state index in [1.54, 1.807) is 0 Å². The molecule has 1 heterocycles. The van der Waals surface area contributed by atoms with Gasteiger partial charge in [-0.2, -0.15) is 0 Å². The molecule has 0 aliphatic heterocycles. The SMILES string of the molecule is CCCO[C@@H]1C[C@@H](C(=O)NCCCc2nc3ccccc3n2C)CC[C@H]1N.Cl.Cl. The van der Waals surface area contributed by atoms with Crippen LogP contribution in [0.5, 0.6) is 0 Å². The molecule has 1 fully saturated rings. The molecule has 6 nitrogen and oxygen atoms in total. The van der Waals surface area contributed by atoms with Crippen molar-refractivity contribution >= 4 is 41.8 Å². The van der Waals surface area contributed by atoms with Crippen molar-refractivity contribution in [3.05, 3.63) is 30.1 Å². The number of amides is 1. The van der Waals surface area contributed by atoms with E-state index in [4.69, 9.17) is 10.5 Å². The molecule has 1 saturated carbocycles. The van der Waals surface area contributed by atoms with Crippen LogP contribution in [0.25, 0.3) is 11.0 Å². The van der Waals surface area contributed by atoms with E-state index in [-0.39, 0.29) is 48.8 Å². The first-order valence-electron chi connectivity index (χ1n) is 10.2. The molecule has 8 heteroatoms. The minimum absolute atomic E-state index is 0. The van der Waals surface area contributed by atoms with Crippen molar-refractivity contribution < 1.29 is 9.53 Å². The van der Waals surface area contributed by atoms with Gasteiger partial charge in [-0.1, -0.05) is 19.1 Å². The highest BCUT2D eigenvalue weighted by Crippen LogP contribution is 2.26.